The summed E-state index contributed by atoms with van der Waals surface area (Å²) in [4.78, 5) is 0. The lowest BCUT2D eigenvalue weighted by atomic mass is 9.98. The van der Waals surface area contributed by atoms with Crippen molar-refractivity contribution in [3.63, 3.8) is 0 Å². The molecule has 0 fully saturated rings. The maximum atomic E-state index is 9.03. The van der Waals surface area contributed by atoms with Crippen LogP contribution in [-0.2, 0) is 4.74 Å². The van der Waals surface area contributed by atoms with Gasteiger partial charge < -0.3 is 9.47 Å². The van der Waals surface area contributed by atoms with E-state index in [1.165, 1.54) is 6.26 Å². The van der Waals surface area contributed by atoms with Crippen LogP contribution in [0.4, 0.5) is 0 Å². The maximum absolute atomic E-state index is 9.03. The first kappa shape index (κ1) is 14.7. The van der Waals surface area contributed by atoms with E-state index >= 15 is 0 Å². The Kier molecular flexibility index (Phi) is 3.52. The third kappa shape index (κ3) is 2.75. The summed E-state index contributed by atoms with van der Waals surface area (Å²) in [7, 11) is 0. The number of hydrogen-bond donors (Lipinski definition) is 0. The largest absolute Gasteiger partial charge is 0.482 e. The van der Waals surface area contributed by atoms with Gasteiger partial charge in [0.2, 0.25) is 0 Å². The molecule has 0 bridgehead atoms. The number of benzene rings is 1. The zero-order chi connectivity index (χ0) is 16.4. The van der Waals surface area contributed by atoms with Crippen molar-refractivity contribution in [2.75, 3.05) is 0 Å². The molecule has 0 unspecified atom stereocenters. The van der Waals surface area contributed by atoms with E-state index in [9.17, 15) is 0 Å². The van der Waals surface area contributed by atoms with Crippen LogP contribution < -0.4 is 4.74 Å². The number of rotatable bonds is 1. The Bertz CT molecular complexity index is 856. The quantitative estimate of drug-likeness (QED) is 0.732. The van der Waals surface area contributed by atoms with Gasteiger partial charge in [0.25, 0.3) is 0 Å². The van der Waals surface area contributed by atoms with Gasteiger partial charge in [-0.25, -0.2) is 0 Å². The van der Waals surface area contributed by atoms with Crippen LogP contribution >= 0.6 is 0 Å². The van der Waals surface area contributed by atoms with Gasteiger partial charge >= 0.3 is 0 Å². The summed E-state index contributed by atoms with van der Waals surface area (Å²) < 4.78 is 11.7. The summed E-state index contributed by atoms with van der Waals surface area (Å²) in [5.74, 6) is 1.28. The summed E-state index contributed by atoms with van der Waals surface area (Å²) in [6.45, 7) is 3.96. The highest BCUT2D eigenvalue weighted by molar-refractivity contribution is 5.77. The lowest BCUT2D eigenvalue weighted by Gasteiger charge is -2.30. The van der Waals surface area contributed by atoms with Gasteiger partial charge in [-0.2, -0.15) is 10.5 Å². The van der Waals surface area contributed by atoms with Crippen molar-refractivity contribution in [1.82, 2.24) is 0 Å². The molecule has 0 spiro atoms. The van der Waals surface area contributed by atoms with Gasteiger partial charge in [0.1, 0.15) is 34.8 Å². The summed E-state index contributed by atoms with van der Waals surface area (Å²) in [5, 5.41) is 18.1. The molecule has 4 heteroatoms. The Hall–Kier alpha value is -3.24. The van der Waals surface area contributed by atoms with E-state index in [0.717, 1.165) is 16.9 Å². The number of ether oxygens (including phenoxy) is 2. The third-order valence-corrected chi connectivity index (χ3v) is 3.58. The van der Waals surface area contributed by atoms with E-state index in [-0.39, 0.29) is 5.57 Å². The normalized spacial score (nSPS) is 17.0. The van der Waals surface area contributed by atoms with Crippen LogP contribution in [0.3, 0.4) is 0 Å². The molecule has 0 radical (unpaired) electrons. The number of fused-ring (bicyclic) bond motifs is 1. The Labute approximate surface area is 134 Å². The van der Waals surface area contributed by atoms with E-state index in [1.54, 1.807) is 12.2 Å². The van der Waals surface area contributed by atoms with Crippen molar-refractivity contribution in [3.8, 4) is 17.9 Å². The van der Waals surface area contributed by atoms with Crippen LogP contribution in [0.1, 0.15) is 25.0 Å². The second kappa shape index (κ2) is 5.51. The molecule has 2 heterocycles. The first-order chi connectivity index (χ1) is 11.0. The minimum atomic E-state index is -0.405. The van der Waals surface area contributed by atoms with Gasteiger partial charge in [0.15, 0.2) is 0 Å². The predicted molar refractivity (Wildman–Crippen MR) is 86.6 cm³/mol. The van der Waals surface area contributed by atoms with Crippen LogP contribution in [-0.4, -0.2) is 5.60 Å². The highest BCUT2D eigenvalue weighted by atomic mass is 16.5. The van der Waals surface area contributed by atoms with Crippen molar-refractivity contribution in [2.24, 2.45) is 0 Å². The second-order valence-corrected chi connectivity index (χ2v) is 5.75. The van der Waals surface area contributed by atoms with Crippen molar-refractivity contribution < 1.29 is 9.47 Å². The van der Waals surface area contributed by atoms with Crippen molar-refractivity contribution in [1.29, 1.82) is 10.5 Å². The zero-order valence-corrected chi connectivity index (χ0v) is 12.8. The third-order valence-electron chi connectivity index (χ3n) is 3.58. The lowest BCUT2D eigenvalue weighted by molar-refractivity contribution is 0.158. The summed E-state index contributed by atoms with van der Waals surface area (Å²) >= 11 is 0. The first-order valence-electron chi connectivity index (χ1n) is 7.15. The molecule has 0 atom stereocenters. The molecule has 0 N–H and O–H groups in total. The molecule has 2 aliphatic rings. The highest BCUT2D eigenvalue weighted by Crippen LogP contribution is 2.39. The lowest BCUT2D eigenvalue weighted by Crippen LogP contribution is -2.28. The average molecular weight is 302 g/mol. The molecular weight excluding hydrogens is 288 g/mol. The predicted octanol–water partition coefficient (Wildman–Crippen LogP) is 4.10. The van der Waals surface area contributed by atoms with Gasteiger partial charge in [-0.05, 0) is 38.1 Å². The van der Waals surface area contributed by atoms with Gasteiger partial charge in [0, 0.05) is 11.1 Å². The van der Waals surface area contributed by atoms with Gasteiger partial charge in [-0.15, -0.1) is 0 Å². The average Bonchev–Trinajstić information content (AvgIpc) is 2.55. The molecule has 1 aromatic carbocycles. The smallest absolute Gasteiger partial charge is 0.138 e. The van der Waals surface area contributed by atoms with Crippen LogP contribution in [0, 0.1) is 22.7 Å². The van der Waals surface area contributed by atoms with Crippen LogP contribution in [0.15, 0.2) is 53.8 Å². The molecule has 0 saturated heterocycles. The monoisotopic (exact) mass is 302 g/mol. The molecule has 1 aromatic rings. The fourth-order valence-corrected chi connectivity index (χ4v) is 2.44. The number of para-hydroxylation sites is 1. The Balaban J connectivity index is 2.12. The second-order valence-electron chi connectivity index (χ2n) is 5.75. The van der Waals surface area contributed by atoms with E-state index in [2.05, 4.69) is 0 Å². The standard InChI is InChI=1S/C19H14N2O2/c1-19(2)8-6-13-4-3-5-16(18(13)23-19)17-10-14(7-9-22-17)15(11-20)12-21/h3-10H,1-2H3. The summed E-state index contributed by atoms with van der Waals surface area (Å²) in [5.41, 5.74) is 1.92. The van der Waals surface area contributed by atoms with Crippen LogP contribution in [0.2, 0.25) is 0 Å². The Morgan fingerprint density at radius 1 is 1.13 bits per heavy atom. The zero-order valence-electron chi connectivity index (χ0n) is 12.8. The SMILES string of the molecule is CC1(C)C=Cc2cccc(C3=CC(=C(C#N)C#N)C=CO3)c2O1. The highest BCUT2D eigenvalue weighted by Gasteiger charge is 2.25. The molecule has 2 aliphatic heterocycles. The molecule has 0 aliphatic carbocycles. The number of hydrogen-bond acceptors (Lipinski definition) is 4. The fraction of sp³-hybridized carbons (Fsp3) is 0.158. The Morgan fingerprint density at radius 2 is 1.91 bits per heavy atom. The van der Waals surface area contributed by atoms with Crippen molar-refractivity contribution in [2.45, 2.75) is 19.4 Å². The summed E-state index contributed by atoms with van der Waals surface area (Å²) in [6, 6.07) is 9.57. The molecule has 3 rings (SSSR count). The molecular formula is C19H14N2O2. The minimum Gasteiger partial charge on any atom is -0.482 e. The van der Waals surface area contributed by atoms with Gasteiger partial charge in [-0.1, -0.05) is 18.2 Å². The van der Waals surface area contributed by atoms with Crippen molar-refractivity contribution in [3.05, 3.63) is 65.0 Å². The first-order valence-corrected chi connectivity index (χ1v) is 7.15. The van der Waals surface area contributed by atoms with Gasteiger partial charge in [0.05, 0.1) is 11.8 Å². The minimum absolute atomic E-state index is 0.0491. The van der Waals surface area contributed by atoms with Crippen LogP contribution in [0.5, 0.6) is 5.75 Å². The van der Waals surface area contributed by atoms with Crippen molar-refractivity contribution >= 4 is 11.8 Å². The fourth-order valence-electron chi connectivity index (χ4n) is 2.44. The van der Waals surface area contributed by atoms with Gasteiger partial charge in [-0.3, -0.25) is 0 Å². The molecule has 0 amide bonds. The molecule has 23 heavy (non-hydrogen) atoms. The molecule has 4 nitrogen and oxygen atoms in total. The topological polar surface area (TPSA) is 66.0 Å². The van der Waals surface area contributed by atoms with E-state index < -0.39 is 5.60 Å². The molecule has 0 aromatic heterocycles. The number of nitriles is 2. The maximum Gasteiger partial charge on any atom is 0.138 e. The molecule has 112 valence electrons. The Morgan fingerprint density at radius 3 is 2.65 bits per heavy atom. The summed E-state index contributed by atoms with van der Waals surface area (Å²) in [6.07, 6.45) is 8.79. The van der Waals surface area contributed by atoms with E-state index in [0.29, 0.717) is 11.3 Å². The van der Waals surface area contributed by atoms with E-state index in [4.69, 9.17) is 20.0 Å². The van der Waals surface area contributed by atoms with E-state index in [1.807, 2.05) is 56.3 Å². The number of allylic oxidation sites excluding steroid dienone is 4. The van der Waals surface area contributed by atoms with Crippen LogP contribution in [0.25, 0.3) is 11.8 Å². The number of nitrogens with zero attached hydrogens (tertiary/aromatic N) is 2. The molecule has 0 saturated carbocycles.